The van der Waals surface area contributed by atoms with E-state index in [0.29, 0.717) is 25.0 Å². The van der Waals surface area contributed by atoms with Crippen LogP contribution < -0.4 is 10.6 Å². The number of aromatic nitrogens is 3. The van der Waals surface area contributed by atoms with Gasteiger partial charge in [-0.1, -0.05) is 18.6 Å². The van der Waals surface area contributed by atoms with Crippen molar-refractivity contribution in [3.05, 3.63) is 11.9 Å². The van der Waals surface area contributed by atoms with Gasteiger partial charge in [0.15, 0.2) is 0 Å². The number of hydrogen-bond acceptors (Lipinski definition) is 5. The molecule has 2 bridgehead atoms. The summed E-state index contributed by atoms with van der Waals surface area (Å²) in [6.45, 7) is 7.37. The van der Waals surface area contributed by atoms with Crippen LogP contribution in [0.15, 0.2) is 6.20 Å². The predicted octanol–water partition coefficient (Wildman–Crippen LogP) is 0.583. The fraction of sp³-hybridized carbons (Fsp3) is 0.789. The zero-order chi connectivity index (χ0) is 19.2. The van der Waals surface area contributed by atoms with Gasteiger partial charge in [0.05, 0.1) is 18.2 Å². The number of carbonyl (C=O) groups is 2. The summed E-state index contributed by atoms with van der Waals surface area (Å²) in [5.74, 6) is 0.545. The number of nitrogens with zero attached hydrogens (tertiary/aromatic N) is 4. The van der Waals surface area contributed by atoms with Gasteiger partial charge >= 0.3 is 0 Å². The Bertz CT molecular complexity index is 646. The van der Waals surface area contributed by atoms with E-state index in [1.54, 1.807) is 0 Å². The van der Waals surface area contributed by atoms with Crippen LogP contribution in [0.4, 0.5) is 0 Å². The summed E-state index contributed by atoms with van der Waals surface area (Å²) in [7, 11) is 0. The minimum Gasteiger partial charge on any atom is -0.355 e. The molecule has 27 heavy (non-hydrogen) atoms. The molecule has 2 N–H and O–H groups in total. The third-order valence-corrected chi connectivity index (χ3v) is 5.78. The van der Waals surface area contributed by atoms with E-state index in [4.69, 9.17) is 0 Å². The number of nitrogens with one attached hydrogen (secondary N) is 2. The number of aryl methyl sites for hydroxylation is 1. The zero-order valence-electron chi connectivity index (χ0n) is 16.5. The van der Waals surface area contributed by atoms with E-state index in [2.05, 4.69) is 39.0 Å². The van der Waals surface area contributed by atoms with Crippen LogP contribution in [0, 0.1) is 11.8 Å². The van der Waals surface area contributed by atoms with Crippen LogP contribution in [-0.2, 0) is 22.6 Å². The number of piperidine rings is 3. The number of unbranched alkanes of at least 4 members (excludes halogenated alkanes) is 1. The molecular weight excluding hydrogens is 344 g/mol. The highest BCUT2D eigenvalue weighted by Gasteiger charge is 2.43. The lowest BCUT2D eigenvalue weighted by Crippen LogP contribution is -2.58. The van der Waals surface area contributed by atoms with Gasteiger partial charge in [0.1, 0.15) is 0 Å². The highest BCUT2D eigenvalue weighted by molar-refractivity contribution is 5.79. The second-order valence-electron chi connectivity index (χ2n) is 7.85. The highest BCUT2D eigenvalue weighted by Crippen LogP contribution is 2.36. The Hall–Kier alpha value is -1.96. The van der Waals surface area contributed by atoms with Crippen LogP contribution in [-0.4, -0.2) is 63.9 Å². The predicted molar refractivity (Wildman–Crippen MR) is 102 cm³/mol. The monoisotopic (exact) mass is 376 g/mol. The first kappa shape index (κ1) is 19.8. The van der Waals surface area contributed by atoms with E-state index < -0.39 is 0 Å². The molecule has 3 aliphatic rings. The van der Waals surface area contributed by atoms with Crippen LogP contribution >= 0.6 is 0 Å². The first-order chi connectivity index (χ1) is 13.1. The van der Waals surface area contributed by atoms with Gasteiger partial charge in [-0.05, 0) is 38.1 Å². The lowest BCUT2D eigenvalue weighted by atomic mass is 9.75. The second kappa shape index (κ2) is 9.30. The Balaban J connectivity index is 1.47. The van der Waals surface area contributed by atoms with Gasteiger partial charge in [0.25, 0.3) is 0 Å². The molecule has 2 unspecified atom stereocenters. The molecule has 0 saturated carbocycles. The molecule has 1 aromatic rings. The molecule has 4 atom stereocenters. The summed E-state index contributed by atoms with van der Waals surface area (Å²) in [4.78, 5) is 25.9. The Morgan fingerprint density at radius 1 is 1.30 bits per heavy atom. The van der Waals surface area contributed by atoms with Crippen LogP contribution in [0.25, 0.3) is 0 Å². The normalized spacial score (nSPS) is 26.7. The zero-order valence-corrected chi connectivity index (χ0v) is 16.5. The van der Waals surface area contributed by atoms with Gasteiger partial charge in [-0.2, -0.15) is 0 Å². The lowest BCUT2D eigenvalue weighted by molar-refractivity contribution is -0.133. The Morgan fingerprint density at radius 3 is 2.81 bits per heavy atom. The number of rotatable bonds is 9. The highest BCUT2D eigenvalue weighted by atomic mass is 16.2. The van der Waals surface area contributed by atoms with Crippen LogP contribution in [0.3, 0.4) is 0 Å². The third-order valence-electron chi connectivity index (χ3n) is 5.78. The van der Waals surface area contributed by atoms with Crippen molar-refractivity contribution in [3.63, 3.8) is 0 Å². The summed E-state index contributed by atoms with van der Waals surface area (Å²) in [6.07, 6.45) is 7.50. The van der Waals surface area contributed by atoms with Crippen molar-refractivity contribution in [1.82, 2.24) is 30.5 Å². The van der Waals surface area contributed by atoms with Crippen molar-refractivity contribution in [3.8, 4) is 0 Å². The molecule has 1 aromatic heterocycles. The fourth-order valence-electron chi connectivity index (χ4n) is 4.30. The number of carbonyl (C=O) groups excluding carboxylic acids is 2. The molecule has 0 radical (unpaired) electrons. The Labute approximate surface area is 161 Å². The lowest BCUT2D eigenvalue weighted by Gasteiger charge is -2.49. The maximum absolute atomic E-state index is 12.5. The quantitative estimate of drug-likeness (QED) is 0.615. The van der Waals surface area contributed by atoms with E-state index in [1.165, 1.54) is 13.3 Å². The molecule has 2 amide bonds. The standard InChI is InChI=1S/C19H32N6O2/c1-3-4-5-16-11-25(23-22-16)12-17-10-15-6-9-24(17)13-18(15)19(27)21-8-7-20-14(2)26/h11,15,17-18H,3-10,12-13H2,1-2H3,(H,20,26)(H,21,27)/t15?,17-,18+/m1/s1. The largest absolute Gasteiger partial charge is 0.355 e. The van der Waals surface area contributed by atoms with Gasteiger partial charge in [0.2, 0.25) is 11.8 Å². The van der Waals surface area contributed by atoms with Crippen molar-refractivity contribution in [2.75, 3.05) is 26.2 Å². The van der Waals surface area contributed by atoms with Gasteiger partial charge in [-0.15, -0.1) is 5.10 Å². The molecule has 8 nitrogen and oxygen atoms in total. The van der Waals surface area contributed by atoms with Gasteiger partial charge in [-0.25, -0.2) is 0 Å². The molecule has 3 fully saturated rings. The summed E-state index contributed by atoms with van der Waals surface area (Å²) >= 11 is 0. The molecule has 0 aromatic carbocycles. The number of fused-ring (bicyclic) bond motifs is 3. The molecular formula is C19H32N6O2. The third kappa shape index (κ3) is 5.28. The fourth-order valence-corrected chi connectivity index (χ4v) is 4.30. The average Bonchev–Trinajstić information content (AvgIpc) is 3.11. The van der Waals surface area contributed by atoms with Crippen molar-refractivity contribution < 1.29 is 9.59 Å². The molecule has 3 aliphatic heterocycles. The van der Waals surface area contributed by atoms with Gasteiger partial charge in [0, 0.05) is 38.8 Å². The molecule has 8 heteroatoms. The molecule has 150 valence electrons. The molecule has 0 aliphatic carbocycles. The topological polar surface area (TPSA) is 92.2 Å². The van der Waals surface area contributed by atoms with E-state index >= 15 is 0 Å². The minimum atomic E-state index is -0.0686. The summed E-state index contributed by atoms with van der Waals surface area (Å²) < 4.78 is 1.97. The van der Waals surface area contributed by atoms with Crippen LogP contribution in [0.2, 0.25) is 0 Å². The first-order valence-corrected chi connectivity index (χ1v) is 10.2. The molecule has 0 spiro atoms. The Morgan fingerprint density at radius 2 is 2.11 bits per heavy atom. The van der Waals surface area contributed by atoms with E-state index in [-0.39, 0.29) is 17.7 Å². The number of amides is 2. The van der Waals surface area contributed by atoms with E-state index in [9.17, 15) is 9.59 Å². The minimum absolute atomic E-state index is 0.0585. The molecule has 4 rings (SSSR count). The van der Waals surface area contributed by atoms with Crippen molar-refractivity contribution >= 4 is 11.8 Å². The molecule has 3 saturated heterocycles. The number of hydrogen-bond donors (Lipinski definition) is 2. The van der Waals surface area contributed by atoms with Gasteiger partial charge < -0.3 is 10.6 Å². The van der Waals surface area contributed by atoms with Crippen molar-refractivity contribution in [1.29, 1.82) is 0 Å². The first-order valence-electron chi connectivity index (χ1n) is 10.2. The van der Waals surface area contributed by atoms with Crippen molar-refractivity contribution in [2.24, 2.45) is 11.8 Å². The maximum Gasteiger partial charge on any atom is 0.224 e. The average molecular weight is 377 g/mol. The summed E-state index contributed by atoms with van der Waals surface area (Å²) in [5.41, 5.74) is 1.07. The van der Waals surface area contributed by atoms with E-state index in [1.807, 2.05) is 4.68 Å². The van der Waals surface area contributed by atoms with E-state index in [0.717, 1.165) is 51.0 Å². The van der Waals surface area contributed by atoms with Crippen LogP contribution in [0.1, 0.15) is 45.2 Å². The SMILES string of the molecule is CCCCc1cn(C[C@H]2CC3CCN2C[C@@H]3C(=O)NCCNC(C)=O)nn1. The summed E-state index contributed by atoms with van der Waals surface area (Å²) in [5, 5.41) is 14.2. The smallest absolute Gasteiger partial charge is 0.224 e. The van der Waals surface area contributed by atoms with Crippen molar-refractivity contribution in [2.45, 2.75) is 58.5 Å². The summed E-state index contributed by atoms with van der Waals surface area (Å²) in [6, 6.07) is 0.438. The maximum atomic E-state index is 12.5. The second-order valence-corrected chi connectivity index (χ2v) is 7.85. The Kier molecular flexibility index (Phi) is 6.82. The van der Waals surface area contributed by atoms with Crippen LogP contribution in [0.5, 0.6) is 0 Å². The molecule has 4 heterocycles. The van der Waals surface area contributed by atoms with Gasteiger partial charge in [-0.3, -0.25) is 19.2 Å².